The summed E-state index contributed by atoms with van der Waals surface area (Å²) in [6.45, 7) is 3.72. The number of rotatable bonds is 4. The lowest BCUT2D eigenvalue weighted by Gasteiger charge is -2.29. The average Bonchev–Trinajstić information content (AvgIpc) is 2.99. The zero-order chi connectivity index (χ0) is 15.5. The highest BCUT2D eigenvalue weighted by Gasteiger charge is 2.29. The Morgan fingerprint density at radius 1 is 1.45 bits per heavy atom. The van der Waals surface area contributed by atoms with Crippen LogP contribution in [0, 0.1) is 0 Å². The number of fused-ring (bicyclic) bond motifs is 1. The predicted molar refractivity (Wildman–Crippen MR) is 88.8 cm³/mol. The molecule has 2 N–H and O–H groups in total. The molecular weight excluding hydrogens is 296 g/mol. The quantitative estimate of drug-likeness (QED) is 0.904. The Labute approximate surface area is 134 Å². The Morgan fingerprint density at radius 3 is 3.14 bits per heavy atom. The second-order valence-corrected chi connectivity index (χ2v) is 6.64. The maximum Gasteiger partial charge on any atom is 0.279 e. The van der Waals surface area contributed by atoms with Crippen LogP contribution in [0.4, 0.5) is 5.69 Å². The van der Waals surface area contributed by atoms with Gasteiger partial charge in [-0.25, -0.2) is 0 Å². The van der Waals surface area contributed by atoms with E-state index < -0.39 is 0 Å². The van der Waals surface area contributed by atoms with Crippen molar-refractivity contribution in [3.05, 3.63) is 46.2 Å². The first-order valence-corrected chi connectivity index (χ1v) is 8.40. The fraction of sp³-hybridized carbons (Fsp3) is 0.353. The molecule has 0 bridgehead atoms. The first kappa shape index (κ1) is 15.1. The second-order valence-electron chi connectivity index (χ2n) is 5.64. The largest absolute Gasteiger partial charge is 0.497 e. The van der Waals surface area contributed by atoms with E-state index in [9.17, 15) is 4.79 Å². The summed E-state index contributed by atoms with van der Waals surface area (Å²) >= 11 is 1.83. The summed E-state index contributed by atoms with van der Waals surface area (Å²) in [7, 11) is 1.62. The summed E-state index contributed by atoms with van der Waals surface area (Å²) in [6, 6.07) is 10.0. The third-order valence-corrected chi connectivity index (χ3v) is 5.27. The van der Waals surface area contributed by atoms with Crippen LogP contribution >= 0.6 is 11.3 Å². The lowest BCUT2D eigenvalue weighted by atomic mass is 10.0. The van der Waals surface area contributed by atoms with Crippen molar-refractivity contribution in [2.24, 2.45) is 0 Å². The first-order chi connectivity index (χ1) is 10.7. The van der Waals surface area contributed by atoms with Gasteiger partial charge in [0.15, 0.2) is 6.54 Å². The molecule has 4 nitrogen and oxygen atoms in total. The van der Waals surface area contributed by atoms with Gasteiger partial charge in [-0.05, 0) is 30.5 Å². The van der Waals surface area contributed by atoms with Crippen LogP contribution in [0.5, 0.6) is 5.75 Å². The van der Waals surface area contributed by atoms with Crippen molar-refractivity contribution in [3.8, 4) is 5.75 Å². The van der Waals surface area contributed by atoms with E-state index in [0.717, 1.165) is 24.4 Å². The molecule has 0 radical (unpaired) electrons. The van der Waals surface area contributed by atoms with E-state index in [1.54, 1.807) is 7.11 Å². The molecule has 1 aliphatic rings. The smallest absolute Gasteiger partial charge is 0.279 e. The van der Waals surface area contributed by atoms with Gasteiger partial charge < -0.3 is 15.0 Å². The number of quaternary nitrogens is 1. The number of benzene rings is 1. The molecule has 2 aromatic rings. The van der Waals surface area contributed by atoms with Crippen molar-refractivity contribution in [3.63, 3.8) is 0 Å². The number of amides is 1. The zero-order valence-corrected chi connectivity index (χ0v) is 13.7. The van der Waals surface area contributed by atoms with Gasteiger partial charge in [-0.3, -0.25) is 4.79 Å². The Hall–Kier alpha value is -1.85. The van der Waals surface area contributed by atoms with Gasteiger partial charge in [-0.1, -0.05) is 6.07 Å². The average molecular weight is 317 g/mol. The molecule has 0 spiro atoms. The summed E-state index contributed by atoms with van der Waals surface area (Å²) in [5.41, 5.74) is 2.19. The van der Waals surface area contributed by atoms with Crippen LogP contribution in [0.3, 0.4) is 0 Å². The van der Waals surface area contributed by atoms with E-state index in [0.29, 0.717) is 12.6 Å². The van der Waals surface area contributed by atoms with Crippen LogP contribution in [0.1, 0.15) is 23.4 Å². The van der Waals surface area contributed by atoms with Crippen molar-refractivity contribution >= 4 is 22.9 Å². The van der Waals surface area contributed by atoms with Gasteiger partial charge in [-0.15, -0.1) is 11.3 Å². The van der Waals surface area contributed by atoms with Crippen LogP contribution in [-0.4, -0.2) is 26.1 Å². The van der Waals surface area contributed by atoms with E-state index in [1.165, 1.54) is 15.3 Å². The standard InChI is InChI=1S/C17H20N2O2S/c1-12-15-7-9-22-16(15)6-8-19(12)11-17(20)18-13-4-3-5-14(10-13)21-2/h3-5,7,9-10,12H,6,8,11H2,1-2H3,(H,18,20)/p+1/t12-/m0/s1. The van der Waals surface area contributed by atoms with E-state index in [4.69, 9.17) is 4.74 Å². The zero-order valence-electron chi connectivity index (χ0n) is 12.9. The van der Waals surface area contributed by atoms with Gasteiger partial charge in [0.2, 0.25) is 0 Å². The van der Waals surface area contributed by atoms with Crippen LogP contribution in [0.2, 0.25) is 0 Å². The molecule has 1 amide bonds. The number of hydrogen-bond donors (Lipinski definition) is 2. The number of methoxy groups -OCH3 is 1. The summed E-state index contributed by atoms with van der Waals surface area (Å²) in [4.78, 5) is 15.1. The topological polar surface area (TPSA) is 42.8 Å². The third-order valence-electron chi connectivity index (χ3n) is 4.27. The molecule has 2 atom stereocenters. The van der Waals surface area contributed by atoms with Gasteiger partial charge in [-0.2, -0.15) is 0 Å². The summed E-state index contributed by atoms with van der Waals surface area (Å²) in [5, 5.41) is 5.12. The summed E-state index contributed by atoms with van der Waals surface area (Å²) < 4.78 is 5.18. The number of ether oxygens (including phenoxy) is 1. The number of anilines is 1. The number of hydrogen-bond acceptors (Lipinski definition) is 3. The molecule has 1 aliphatic heterocycles. The van der Waals surface area contributed by atoms with E-state index in [-0.39, 0.29) is 5.91 Å². The van der Waals surface area contributed by atoms with Crippen molar-refractivity contribution < 1.29 is 14.4 Å². The SMILES string of the molecule is COc1cccc(NC(=O)C[NH+]2CCc3sccc3[C@@H]2C)c1. The van der Waals surface area contributed by atoms with Gasteiger partial charge in [0, 0.05) is 28.6 Å². The number of carbonyl (C=O) groups is 1. The highest BCUT2D eigenvalue weighted by Crippen LogP contribution is 2.24. The number of thiophene rings is 1. The summed E-state index contributed by atoms with van der Waals surface area (Å²) in [5.74, 6) is 0.799. The normalized spacial score (nSPS) is 20.3. The molecule has 1 aromatic heterocycles. The lowest BCUT2D eigenvalue weighted by molar-refractivity contribution is -0.923. The molecule has 1 unspecified atom stereocenters. The molecule has 0 saturated heterocycles. The molecule has 2 heterocycles. The van der Waals surface area contributed by atoms with Gasteiger partial charge >= 0.3 is 0 Å². The van der Waals surface area contributed by atoms with Crippen LogP contribution in [0.15, 0.2) is 35.7 Å². The number of nitrogens with one attached hydrogen (secondary N) is 2. The molecular formula is C17H21N2O2S+. The Bertz CT molecular complexity index is 668. The van der Waals surface area contributed by atoms with Gasteiger partial charge in [0.1, 0.15) is 11.8 Å². The maximum absolute atomic E-state index is 12.3. The minimum atomic E-state index is 0.0498. The second kappa shape index (κ2) is 6.50. The maximum atomic E-state index is 12.3. The van der Waals surface area contributed by atoms with Crippen molar-refractivity contribution in [2.45, 2.75) is 19.4 Å². The molecule has 22 heavy (non-hydrogen) atoms. The Kier molecular flexibility index (Phi) is 4.45. The van der Waals surface area contributed by atoms with Crippen LogP contribution < -0.4 is 15.0 Å². The van der Waals surface area contributed by atoms with Crippen molar-refractivity contribution in [1.82, 2.24) is 0 Å². The fourth-order valence-electron chi connectivity index (χ4n) is 3.00. The van der Waals surface area contributed by atoms with Gasteiger partial charge in [0.25, 0.3) is 5.91 Å². The van der Waals surface area contributed by atoms with Crippen molar-refractivity contribution in [2.75, 3.05) is 25.5 Å². The highest BCUT2D eigenvalue weighted by atomic mass is 32.1. The molecule has 0 aliphatic carbocycles. The highest BCUT2D eigenvalue weighted by molar-refractivity contribution is 7.10. The van der Waals surface area contributed by atoms with Crippen LogP contribution in [0.25, 0.3) is 0 Å². The molecule has 5 heteroatoms. The molecule has 1 aromatic carbocycles. The first-order valence-electron chi connectivity index (χ1n) is 7.52. The molecule has 0 saturated carbocycles. The Morgan fingerprint density at radius 2 is 2.32 bits per heavy atom. The summed E-state index contributed by atoms with van der Waals surface area (Å²) in [6.07, 6.45) is 1.07. The van der Waals surface area contributed by atoms with E-state index >= 15 is 0 Å². The van der Waals surface area contributed by atoms with Gasteiger partial charge in [0.05, 0.1) is 13.7 Å². The van der Waals surface area contributed by atoms with Crippen molar-refractivity contribution in [1.29, 1.82) is 0 Å². The Balaban J connectivity index is 1.62. The third kappa shape index (κ3) is 3.15. The minimum Gasteiger partial charge on any atom is -0.497 e. The molecule has 0 fully saturated rings. The lowest BCUT2D eigenvalue weighted by Crippen LogP contribution is -3.14. The minimum absolute atomic E-state index is 0.0498. The molecule has 3 rings (SSSR count). The number of carbonyl (C=O) groups excluding carboxylic acids is 1. The van der Waals surface area contributed by atoms with Crippen LogP contribution in [-0.2, 0) is 11.2 Å². The molecule has 116 valence electrons. The monoisotopic (exact) mass is 317 g/mol. The predicted octanol–water partition coefficient (Wildman–Crippen LogP) is 1.90. The van der Waals surface area contributed by atoms with E-state index in [1.807, 2.05) is 35.6 Å². The fourth-order valence-corrected chi connectivity index (χ4v) is 3.98. The van der Waals surface area contributed by atoms with E-state index in [2.05, 4.69) is 23.7 Å².